The van der Waals surface area contributed by atoms with Gasteiger partial charge in [0.15, 0.2) is 0 Å². The van der Waals surface area contributed by atoms with E-state index in [1.54, 1.807) is 36.4 Å². The molecule has 16 heteroatoms. The van der Waals surface area contributed by atoms with Crippen LogP contribution in [0.3, 0.4) is 0 Å². The maximum atomic E-state index is 12.1. The Hall–Kier alpha value is -4.03. The smallest absolute Gasteiger partial charge is 0.407 e. The van der Waals surface area contributed by atoms with E-state index < -0.39 is 11.2 Å². The average Bonchev–Trinajstić information content (AvgIpc) is 4.03. The van der Waals surface area contributed by atoms with Crippen molar-refractivity contribution in [3.8, 4) is 22.9 Å². The second-order valence-corrected chi connectivity index (χ2v) is 20.9. The zero-order valence-corrected chi connectivity index (χ0v) is 41.9. The summed E-state index contributed by atoms with van der Waals surface area (Å²) in [6, 6.07) is 14.3. The minimum atomic E-state index is -0.425. The molecule has 0 unspecified atom stereocenters. The molecule has 1 amide bonds. The fourth-order valence-electron chi connectivity index (χ4n) is 6.83. The van der Waals surface area contributed by atoms with E-state index >= 15 is 0 Å². The molecule has 4 atom stereocenters. The molecule has 2 aliphatic rings. The number of oxazole rings is 2. The van der Waals surface area contributed by atoms with Gasteiger partial charge in [-0.05, 0) is 148 Å². The minimum absolute atomic E-state index is 0.0987. The zero-order valence-electron chi connectivity index (χ0n) is 38.0. The van der Waals surface area contributed by atoms with Gasteiger partial charge >= 0.3 is 24.0 Å². The number of nitrogens with zero attached hydrogens (tertiary/aromatic N) is 2. The van der Waals surface area contributed by atoms with Crippen LogP contribution in [0.2, 0.25) is 0 Å². The van der Waals surface area contributed by atoms with Crippen LogP contribution in [0, 0.1) is 19.8 Å². The highest BCUT2D eigenvalue weighted by Crippen LogP contribution is 2.38. The van der Waals surface area contributed by atoms with E-state index in [4.69, 9.17) is 23.0 Å². The van der Waals surface area contributed by atoms with Crippen molar-refractivity contribution in [3.05, 3.63) is 82.6 Å². The number of alkyl carbamates (subject to hydrolysis) is 1. The summed E-state index contributed by atoms with van der Waals surface area (Å²) in [7, 11) is 2.72. The molecule has 0 radical (unpaired) electrons. The highest BCUT2D eigenvalue weighted by atomic mass is 127. The van der Waals surface area contributed by atoms with E-state index in [-0.39, 0.29) is 24.0 Å². The lowest BCUT2D eigenvalue weighted by Crippen LogP contribution is -2.37. The molecule has 0 aliphatic heterocycles. The lowest BCUT2D eigenvalue weighted by atomic mass is 10.0. The first-order valence-corrected chi connectivity index (χ1v) is 24.0. The summed E-state index contributed by atoms with van der Waals surface area (Å²) in [6.45, 7) is 15.1. The number of aryl methyl sites for hydroxylation is 2. The van der Waals surface area contributed by atoms with Gasteiger partial charge in [0.05, 0.1) is 36.7 Å². The highest BCUT2D eigenvalue weighted by Gasteiger charge is 2.29. The molecule has 2 aliphatic carbocycles. The van der Waals surface area contributed by atoms with Gasteiger partial charge < -0.3 is 33.1 Å². The van der Waals surface area contributed by atoms with Gasteiger partial charge in [0.1, 0.15) is 22.7 Å². The van der Waals surface area contributed by atoms with Crippen LogP contribution in [0.15, 0.2) is 57.4 Å². The van der Waals surface area contributed by atoms with E-state index in [0.717, 1.165) is 71.9 Å². The number of carbonyl (C=O) groups excluding carboxylic acids is 4. The summed E-state index contributed by atoms with van der Waals surface area (Å²) in [5.74, 6) is 3.55. The lowest BCUT2D eigenvalue weighted by molar-refractivity contribution is -0.155. The Balaban J connectivity index is 0.000000230. The number of aromatic nitrogens is 2. The summed E-state index contributed by atoms with van der Waals surface area (Å²) in [6.07, 6.45) is 6.76. The number of benzene rings is 2. The Kier molecular flexibility index (Phi) is 19.5. The number of hydrogen-bond donors (Lipinski definition) is 2. The Morgan fingerprint density at radius 3 is 1.70 bits per heavy atom. The van der Waals surface area contributed by atoms with Crippen molar-refractivity contribution < 1.29 is 47.0 Å². The molecule has 63 heavy (non-hydrogen) atoms. The van der Waals surface area contributed by atoms with Crippen molar-refractivity contribution in [2.24, 2.45) is 5.92 Å². The number of thioether (sulfide) groups is 1. The number of esters is 3. The monoisotopic (exact) mass is 1020 g/mol. The van der Waals surface area contributed by atoms with Crippen LogP contribution < -0.4 is 5.32 Å². The first kappa shape index (κ1) is 51.6. The van der Waals surface area contributed by atoms with Crippen molar-refractivity contribution in [1.29, 1.82) is 0 Å². The number of rotatable bonds is 11. The van der Waals surface area contributed by atoms with Crippen LogP contribution in [-0.4, -0.2) is 74.6 Å². The van der Waals surface area contributed by atoms with Crippen LogP contribution >= 0.6 is 47.0 Å². The molecule has 13 nitrogen and oxygen atoms in total. The van der Waals surface area contributed by atoms with Crippen LogP contribution in [-0.2, 0) is 35.2 Å². The maximum Gasteiger partial charge on any atom is 0.407 e. The molecule has 2 fully saturated rings. The summed E-state index contributed by atoms with van der Waals surface area (Å²) in [5, 5.41) is 3.42. The number of thiol groups is 1. The second-order valence-electron chi connectivity index (χ2n) is 17.5. The minimum Gasteiger partial charge on any atom is -0.465 e. The molecule has 6 rings (SSSR count). The van der Waals surface area contributed by atoms with Crippen LogP contribution in [0.25, 0.3) is 22.9 Å². The molecule has 0 spiro atoms. The van der Waals surface area contributed by atoms with Crippen molar-refractivity contribution in [2.75, 3.05) is 14.2 Å². The maximum absolute atomic E-state index is 12.1. The van der Waals surface area contributed by atoms with E-state index in [1.807, 2.05) is 79.3 Å². The van der Waals surface area contributed by atoms with Gasteiger partial charge in [-0.1, -0.05) is 22.6 Å². The molecule has 2 aromatic carbocycles. The molecule has 4 aromatic rings. The second kappa shape index (κ2) is 23.8. The molecule has 0 saturated heterocycles. The number of halogens is 1. The van der Waals surface area contributed by atoms with Gasteiger partial charge in [-0.15, -0.1) is 0 Å². The average molecular weight is 1020 g/mol. The van der Waals surface area contributed by atoms with E-state index in [2.05, 4.69) is 55.2 Å². The highest BCUT2D eigenvalue weighted by molar-refractivity contribution is 14.1. The van der Waals surface area contributed by atoms with Gasteiger partial charge in [0.2, 0.25) is 11.8 Å². The standard InChI is InChI=1S/C24H31NO5S.C13H13NO3S.C10H18INO2/c1-15-20(25-22(29-15)17-7-9-18(10-8-17)23(27)28-5)14-31-19-11-6-16(12-19)13-21(26)30-24(2,3)4;1-8-11(7-18)14-12(17-8)9-3-5-10(6-4-9)13(15)16-2;1-10(2,3)14-9(13)12-8-5-4-7(11)6-8/h7-10,16,19H,6,11-14H2,1-5H3;3-6,18H,7H2,1-2H3;7-8H,4-6H2,1-3H3,(H,12,13)/t16-,19+;;7-,8-/m0.0/s1. The number of carbonyl (C=O) groups is 4. The first-order chi connectivity index (χ1) is 29.7. The van der Waals surface area contributed by atoms with Crippen molar-refractivity contribution in [3.63, 3.8) is 0 Å². The molecule has 2 heterocycles. The number of ether oxygens (including phenoxy) is 4. The molecular weight excluding hydrogens is 958 g/mol. The van der Waals surface area contributed by atoms with E-state index in [9.17, 15) is 19.2 Å². The lowest BCUT2D eigenvalue weighted by Gasteiger charge is -2.21. The van der Waals surface area contributed by atoms with Crippen molar-refractivity contribution >= 4 is 71.0 Å². The van der Waals surface area contributed by atoms with Crippen LogP contribution in [0.1, 0.15) is 130 Å². The zero-order chi connectivity index (χ0) is 46.5. The predicted molar refractivity (Wildman–Crippen MR) is 256 cm³/mol. The first-order valence-electron chi connectivity index (χ1n) is 21.0. The van der Waals surface area contributed by atoms with Crippen LogP contribution in [0.5, 0.6) is 0 Å². The molecular formula is C47H62IN3O10S2. The third-order valence-electron chi connectivity index (χ3n) is 9.95. The summed E-state index contributed by atoms with van der Waals surface area (Å²) in [5.41, 5.74) is 3.58. The Bertz CT molecular complexity index is 2120. The number of amides is 1. The molecule has 0 bridgehead atoms. The third kappa shape index (κ3) is 17.1. The largest absolute Gasteiger partial charge is 0.465 e. The number of hydrogen-bond acceptors (Lipinski definition) is 14. The molecule has 1 N–H and O–H groups in total. The van der Waals surface area contributed by atoms with Crippen molar-refractivity contribution in [1.82, 2.24) is 15.3 Å². The predicted octanol–water partition coefficient (Wildman–Crippen LogP) is 11.3. The van der Waals surface area contributed by atoms with Crippen molar-refractivity contribution in [2.45, 2.75) is 138 Å². The summed E-state index contributed by atoms with van der Waals surface area (Å²) < 4.78 is 32.1. The summed E-state index contributed by atoms with van der Waals surface area (Å²) in [4.78, 5) is 55.3. The molecule has 2 saturated carbocycles. The Labute approximate surface area is 394 Å². The number of alkyl halides is 1. The molecule has 2 aromatic heterocycles. The number of methoxy groups -OCH3 is 2. The van der Waals surface area contributed by atoms with Gasteiger partial charge in [-0.25, -0.2) is 24.4 Å². The molecule has 344 valence electrons. The van der Waals surface area contributed by atoms with Gasteiger partial charge in [-0.3, -0.25) is 4.79 Å². The fourth-order valence-corrected chi connectivity index (χ4v) is 9.47. The fraction of sp³-hybridized carbons (Fsp3) is 0.532. The van der Waals surface area contributed by atoms with Gasteiger partial charge in [0.25, 0.3) is 0 Å². The third-order valence-corrected chi connectivity index (χ3v) is 12.7. The summed E-state index contributed by atoms with van der Waals surface area (Å²) >= 11 is 8.49. The van der Waals surface area contributed by atoms with Gasteiger partial charge in [0, 0.05) is 44.3 Å². The Morgan fingerprint density at radius 2 is 1.25 bits per heavy atom. The Morgan fingerprint density at radius 1 is 0.746 bits per heavy atom. The SMILES string of the molecule is CC(C)(C)OC(=O)N[C@H]1CC[C@H](I)C1.COC(=O)c1ccc(-c2nc(CS)c(C)o2)cc1.COC(=O)c1ccc(-c2nc(CS[C@@H]3CC[C@H](CC(=O)OC(C)(C)C)C3)c(C)o2)cc1. The van der Waals surface area contributed by atoms with Crippen LogP contribution in [0.4, 0.5) is 4.79 Å². The van der Waals surface area contributed by atoms with E-state index in [0.29, 0.717) is 56.2 Å². The topological polar surface area (TPSA) is 169 Å². The number of nitrogens with one attached hydrogen (secondary N) is 1. The normalized spacial score (nSPS) is 18.3. The quantitative estimate of drug-likeness (QED) is 0.0479. The van der Waals surface area contributed by atoms with E-state index in [1.165, 1.54) is 20.6 Å². The van der Waals surface area contributed by atoms with Gasteiger partial charge in [-0.2, -0.15) is 24.4 Å².